The largest absolute Gasteiger partial charge is 0.388 e. The van der Waals surface area contributed by atoms with Crippen molar-refractivity contribution >= 4 is 33.9 Å². The van der Waals surface area contributed by atoms with Gasteiger partial charge in [-0.05, 0) is 34.3 Å². The molecule has 33 heavy (non-hydrogen) atoms. The number of β-amino-alcohol motifs (C(OH)–C–C–N with tert-alkyl or cyclic N) is 1. The van der Waals surface area contributed by atoms with Gasteiger partial charge in [0.25, 0.3) is 5.91 Å². The predicted molar refractivity (Wildman–Crippen MR) is 120 cm³/mol. The highest BCUT2D eigenvalue weighted by Gasteiger charge is 2.38. The molecule has 1 unspecified atom stereocenters. The number of piperidine rings is 1. The fourth-order valence-corrected chi connectivity index (χ4v) is 4.51. The van der Waals surface area contributed by atoms with E-state index in [1.165, 1.54) is 22.2 Å². The lowest BCUT2D eigenvalue weighted by Crippen LogP contribution is -2.52. The monoisotopic (exact) mass is 520 g/mol. The zero-order chi connectivity index (χ0) is 23.6. The molecule has 2 aliphatic rings. The van der Waals surface area contributed by atoms with Gasteiger partial charge in [0.15, 0.2) is 0 Å². The van der Waals surface area contributed by atoms with E-state index in [2.05, 4.69) is 26.6 Å². The summed E-state index contributed by atoms with van der Waals surface area (Å²) in [6.45, 7) is 0.465. The number of carbonyl (C=O) groups excluding carboxylic acids is 2. The number of nitrogens with zero attached hydrogens (tertiary/aromatic N) is 4. The van der Waals surface area contributed by atoms with Gasteiger partial charge in [0, 0.05) is 19.5 Å². The van der Waals surface area contributed by atoms with Gasteiger partial charge in [-0.25, -0.2) is 13.8 Å². The quantitative estimate of drug-likeness (QED) is 0.591. The molecule has 174 valence electrons. The Morgan fingerprint density at radius 3 is 2.58 bits per heavy atom. The van der Waals surface area contributed by atoms with Crippen LogP contribution >= 0.6 is 15.9 Å². The minimum Gasteiger partial charge on any atom is -0.388 e. The number of rotatable bonds is 6. The summed E-state index contributed by atoms with van der Waals surface area (Å²) in [7, 11) is 0. The van der Waals surface area contributed by atoms with E-state index >= 15 is 0 Å². The number of hydrogen-bond acceptors (Lipinski definition) is 4. The molecular formula is C23H23BrF2N4O3. The minimum absolute atomic E-state index is 0.0167. The summed E-state index contributed by atoms with van der Waals surface area (Å²) in [6.07, 6.45) is 2.05. The average molecular weight is 521 g/mol. The molecule has 0 aliphatic carbocycles. The van der Waals surface area contributed by atoms with Crippen molar-refractivity contribution < 1.29 is 23.5 Å². The number of aliphatic hydroxyl groups is 1. The smallest absolute Gasteiger partial charge is 0.294 e. The maximum atomic E-state index is 13.6. The number of aromatic nitrogens is 2. The summed E-state index contributed by atoms with van der Waals surface area (Å²) in [4.78, 5) is 32.5. The molecule has 2 aliphatic heterocycles. The van der Waals surface area contributed by atoms with E-state index < -0.39 is 17.9 Å². The molecule has 2 aromatic rings. The Morgan fingerprint density at radius 1 is 1.21 bits per heavy atom. The van der Waals surface area contributed by atoms with E-state index in [1.54, 1.807) is 41.1 Å². The van der Waals surface area contributed by atoms with Crippen LogP contribution in [0.4, 0.5) is 8.78 Å². The summed E-state index contributed by atoms with van der Waals surface area (Å²) in [5.41, 5.74) is 2.11. The number of hydrogen-bond donors (Lipinski definition) is 1. The van der Waals surface area contributed by atoms with Crippen molar-refractivity contribution in [1.82, 2.24) is 19.4 Å². The normalized spacial score (nSPS) is 18.4. The van der Waals surface area contributed by atoms with Gasteiger partial charge in [0.2, 0.25) is 18.2 Å². The molecule has 1 aromatic heterocycles. The van der Waals surface area contributed by atoms with Crippen LogP contribution in [0, 0.1) is 0 Å². The molecule has 2 amide bonds. The van der Waals surface area contributed by atoms with Crippen LogP contribution in [-0.2, 0) is 4.79 Å². The van der Waals surface area contributed by atoms with Gasteiger partial charge in [-0.3, -0.25) is 14.2 Å². The molecule has 1 saturated heterocycles. The molecule has 1 aromatic carbocycles. The molecule has 1 atom stereocenters. The van der Waals surface area contributed by atoms with Gasteiger partial charge in [-0.1, -0.05) is 36.1 Å². The minimum atomic E-state index is -2.65. The second-order valence-corrected chi connectivity index (χ2v) is 9.11. The van der Waals surface area contributed by atoms with Crippen LogP contribution < -0.4 is 0 Å². The Balaban J connectivity index is 1.37. The van der Waals surface area contributed by atoms with Gasteiger partial charge in [0.1, 0.15) is 4.60 Å². The van der Waals surface area contributed by atoms with Crippen molar-refractivity contribution in [2.24, 2.45) is 0 Å². The van der Waals surface area contributed by atoms with E-state index in [9.17, 15) is 23.5 Å². The van der Waals surface area contributed by atoms with Crippen molar-refractivity contribution in [3.63, 3.8) is 0 Å². The van der Waals surface area contributed by atoms with Crippen molar-refractivity contribution in [2.45, 2.75) is 37.2 Å². The maximum Gasteiger partial charge on any atom is 0.294 e. The van der Waals surface area contributed by atoms with Crippen molar-refractivity contribution in [3.05, 3.63) is 64.5 Å². The number of benzene rings is 1. The lowest BCUT2D eigenvalue weighted by Gasteiger charge is -2.40. The van der Waals surface area contributed by atoms with Gasteiger partial charge in [0.05, 0.1) is 36.7 Å². The van der Waals surface area contributed by atoms with Gasteiger partial charge in [-0.2, -0.15) is 0 Å². The number of likely N-dealkylation sites (tertiary alicyclic amines) is 1. The molecule has 0 bridgehead atoms. The summed E-state index contributed by atoms with van der Waals surface area (Å²) in [5, 5.41) is 11.1. The molecule has 7 nitrogen and oxygen atoms in total. The third-order valence-corrected chi connectivity index (χ3v) is 6.66. The topological polar surface area (TPSA) is 78.7 Å². The van der Waals surface area contributed by atoms with Gasteiger partial charge < -0.3 is 14.9 Å². The molecule has 1 N–H and O–H groups in total. The number of fused-ring (bicyclic) bond motifs is 1. The standard InChI is InChI=1S/C23H23BrF2N4O3/c24-18-14-27-21-22(32)29(9-4-10-30(18)21)15-23(33)7-11-28(12-8-23)19(31)13-17(20(25)26)16-5-2-1-3-6-16/h1-3,5-6,9-10,14,17,20,33H,7-8,11-13,15H2. The Bertz CT molecular complexity index is 1090. The Morgan fingerprint density at radius 2 is 1.91 bits per heavy atom. The Hall–Kier alpha value is -2.81. The molecule has 3 heterocycles. The summed E-state index contributed by atoms with van der Waals surface area (Å²) < 4.78 is 29.4. The molecule has 1 fully saturated rings. The zero-order valence-electron chi connectivity index (χ0n) is 17.7. The average Bonchev–Trinajstić information content (AvgIpc) is 3.09. The highest BCUT2D eigenvalue weighted by atomic mass is 79.9. The lowest BCUT2D eigenvalue weighted by atomic mass is 9.89. The molecule has 0 spiro atoms. The van der Waals surface area contributed by atoms with Crippen LogP contribution in [0.1, 0.15) is 41.4 Å². The summed E-state index contributed by atoms with van der Waals surface area (Å²) >= 11 is 3.31. The number of alkyl halides is 2. The van der Waals surface area contributed by atoms with Crippen LogP contribution in [-0.4, -0.2) is 67.9 Å². The van der Waals surface area contributed by atoms with Crippen molar-refractivity contribution in [1.29, 1.82) is 0 Å². The zero-order valence-corrected chi connectivity index (χ0v) is 19.3. The number of amides is 2. The second-order valence-electron chi connectivity index (χ2n) is 8.29. The SMILES string of the molecule is O=C1c2ncc(Br)n2C=C=CN1CC1(O)CCN(C(=O)CC(c2ccccc2)C(F)F)CC1. The predicted octanol–water partition coefficient (Wildman–Crippen LogP) is 3.48. The van der Waals surface area contributed by atoms with E-state index in [0.29, 0.717) is 10.2 Å². The number of halogens is 3. The molecule has 4 rings (SSSR count). The third kappa shape index (κ3) is 5.08. The van der Waals surface area contributed by atoms with E-state index in [0.717, 1.165) is 0 Å². The van der Waals surface area contributed by atoms with Crippen molar-refractivity contribution in [3.8, 4) is 0 Å². The van der Waals surface area contributed by atoms with Crippen LogP contribution in [0.15, 0.2) is 53.1 Å². The highest BCUT2D eigenvalue weighted by molar-refractivity contribution is 9.10. The first-order valence-electron chi connectivity index (χ1n) is 10.6. The molecular weight excluding hydrogens is 498 g/mol. The van der Waals surface area contributed by atoms with Gasteiger partial charge >= 0.3 is 0 Å². The fourth-order valence-electron chi connectivity index (χ4n) is 4.14. The van der Waals surface area contributed by atoms with E-state index in [-0.39, 0.29) is 56.5 Å². The summed E-state index contributed by atoms with van der Waals surface area (Å²) in [6, 6.07) is 8.29. The highest BCUT2D eigenvalue weighted by Crippen LogP contribution is 2.30. The summed E-state index contributed by atoms with van der Waals surface area (Å²) in [5.74, 6) is -1.73. The van der Waals surface area contributed by atoms with Crippen LogP contribution in [0.5, 0.6) is 0 Å². The first-order valence-corrected chi connectivity index (χ1v) is 11.4. The first-order chi connectivity index (χ1) is 15.8. The van der Waals surface area contributed by atoms with Crippen LogP contribution in [0.3, 0.4) is 0 Å². The van der Waals surface area contributed by atoms with E-state index in [4.69, 9.17) is 0 Å². The Labute approximate surface area is 198 Å². The van der Waals surface area contributed by atoms with Crippen LogP contribution in [0.2, 0.25) is 0 Å². The Kier molecular flexibility index (Phi) is 6.78. The molecule has 0 saturated carbocycles. The second kappa shape index (κ2) is 9.59. The number of carbonyl (C=O) groups is 2. The molecule has 10 heteroatoms. The van der Waals surface area contributed by atoms with Crippen LogP contribution in [0.25, 0.3) is 6.20 Å². The maximum absolute atomic E-state index is 13.6. The number of imidazole rings is 1. The first kappa shape index (κ1) is 23.4. The molecule has 0 radical (unpaired) electrons. The lowest BCUT2D eigenvalue weighted by molar-refractivity contribution is -0.137. The van der Waals surface area contributed by atoms with Gasteiger partial charge in [-0.15, -0.1) is 0 Å². The van der Waals surface area contributed by atoms with E-state index in [1.807, 2.05) is 0 Å². The van der Waals surface area contributed by atoms with Crippen molar-refractivity contribution in [2.75, 3.05) is 19.6 Å². The third-order valence-electron chi connectivity index (χ3n) is 6.08. The fraction of sp³-hybridized carbons (Fsp3) is 0.391.